The summed E-state index contributed by atoms with van der Waals surface area (Å²) in [5, 5.41) is 46.7. The highest BCUT2D eigenvalue weighted by molar-refractivity contribution is 6.24. The number of ether oxygens (including phenoxy) is 1. The molecule has 12 nitrogen and oxygen atoms in total. The second-order valence-electron chi connectivity index (χ2n) is 10.6. The maximum absolute atomic E-state index is 13.9. The lowest BCUT2D eigenvalue weighted by Crippen LogP contribution is -2.57. The fourth-order valence-electron chi connectivity index (χ4n) is 6.05. The molecule has 0 fully saturated rings. The Morgan fingerprint density at radius 2 is 1.80 bits per heavy atom. The molecule has 12 heteroatoms. The molecule has 5 rings (SSSR count). The third-order valence-electron chi connectivity index (χ3n) is 7.98. The number of aliphatic hydroxyl groups is 3. The van der Waals surface area contributed by atoms with Crippen LogP contribution in [0.15, 0.2) is 59.1 Å². The van der Waals surface area contributed by atoms with Crippen molar-refractivity contribution >= 4 is 29.3 Å². The van der Waals surface area contributed by atoms with Crippen LogP contribution in [0.4, 0.5) is 10.5 Å². The molecule has 2 aromatic carbocycles. The van der Waals surface area contributed by atoms with E-state index in [4.69, 9.17) is 10.5 Å². The van der Waals surface area contributed by atoms with Crippen LogP contribution in [0, 0.1) is 11.8 Å². The minimum atomic E-state index is -2.64. The number of rotatable bonds is 5. The fraction of sp³-hybridized carbons (Fsp3) is 0.310. The van der Waals surface area contributed by atoms with E-state index >= 15 is 0 Å². The number of amides is 2. The van der Waals surface area contributed by atoms with Crippen molar-refractivity contribution in [2.45, 2.75) is 31.4 Å². The third kappa shape index (κ3) is 4.36. The molecule has 3 atom stereocenters. The van der Waals surface area contributed by atoms with Crippen molar-refractivity contribution in [3.05, 3.63) is 75.8 Å². The van der Waals surface area contributed by atoms with Crippen LogP contribution in [0.25, 0.3) is 0 Å². The predicted octanol–water partition coefficient (Wildman–Crippen LogP) is 1.94. The lowest BCUT2D eigenvalue weighted by Gasteiger charge is -2.46. The molecule has 214 valence electrons. The van der Waals surface area contributed by atoms with Gasteiger partial charge in [-0.2, -0.15) is 0 Å². The molecule has 3 aliphatic carbocycles. The number of phenolic OH excluding ortho intramolecular Hbond substituents is 1. The lowest BCUT2D eigenvalue weighted by atomic mass is 9.60. The first kappa shape index (κ1) is 27.7. The standard InChI is InChI=1S/C29H29N3O9/c1-32(2)18-10-14(12-31-28(39)41-16-6-4-3-5-7-16)23(34)21-17(18)9-13-8-15-11-19(33)22(27(30)38)26(37)29(15,40)25(36)20(13)24(21)35/h3-7,10,13,15,33-34,36,40H,8-9,11-12H2,1-2H3,(H2,30,38)(H,31,39)/t13?,15-,29-/m0/s1. The van der Waals surface area contributed by atoms with Crippen LogP contribution in [0.1, 0.15) is 34.3 Å². The second kappa shape index (κ2) is 9.97. The average molecular weight is 564 g/mol. The summed E-state index contributed by atoms with van der Waals surface area (Å²) in [7, 11) is 3.49. The first-order chi connectivity index (χ1) is 19.4. The minimum Gasteiger partial charge on any atom is -0.511 e. The van der Waals surface area contributed by atoms with Gasteiger partial charge in [0.2, 0.25) is 5.78 Å². The SMILES string of the molecule is CN(C)c1cc(CNC(=O)Oc2ccccc2)c(O)c2c1CC1C[C@H]3CC(O)=C(C(N)=O)C(=O)[C@@]3(O)C(O)=C1C2=O. The monoisotopic (exact) mass is 563 g/mol. The number of ketones is 2. The van der Waals surface area contributed by atoms with Gasteiger partial charge in [0.15, 0.2) is 11.4 Å². The van der Waals surface area contributed by atoms with Gasteiger partial charge in [0, 0.05) is 49.8 Å². The van der Waals surface area contributed by atoms with Crippen LogP contribution in [-0.2, 0) is 22.6 Å². The van der Waals surface area contributed by atoms with Crippen molar-refractivity contribution in [2.75, 3.05) is 19.0 Å². The van der Waals surface area contributed by atoms with E-state index in [2.05, 4.69) is 5.32 Å². The number of anilines is 1. The van der Waals surface area contributed by atoms with Gasteiger partial charge in [0.1, 0.15) is 28.6 Å². The largest absolute Gasteiger partial charge is 0.511 e. The Bertz CT molecular complexity index is 1560. The maximum atomic E-state index is 13.9. The van der Waals surface area contributed by atoms with Gasteiger partial charge in [-0.3, -0.25) is 14.4 Å². The zero-order valence-electron chi connectivity index (χ0n) is 22.3. The number of aromatic hydroxyl groups is 1. The summed E-state index contributed by atoms with van der Waals surface area (Å²) in [4.78, 5) is 53.0. The minimum absolute atomic E-state index is 0.0329. The zero-order chi connectivity index (χ0) is 29.8. The van der Waals surface area contributed by atoms with Crippen LogP contribution in [0.2, 0.25) is 0 Å². The Labute approximate surface area is 234 Å². The van der Waals surface area contributed by atoms with E-state index in [1.165, 1.54) is 0 Å². The van der Waals surface area contributed by atoms with E-state index in [-0.39, 0.29) is 42.5 Å². The highest BCUT2D eigenvalue weighted by atomic mass is 16.6. The topological polar surface area (TPSA) is 200 Å². The van der Waals surface area contributed by atoms with Gasteiger partial charge >= 0.3 is 6.09 Å². The Hall–Kier alpha value is -4.84. The summed E-state index contributed by atoms with van der Waals surface area (Å²) >= 11 is 0. The third-order valence-corrected chi connectivity index (χ3v) is 7.98. The number of fused-ring (bicyclic) bond motifs is 3. The molecular weight excluding hydrogens is 534 g/mol. The molecule has 0 aromatic heterocycles. The summed E-state index contributed by atoms with van der Waals surface area (Å²) in [6.07, 6.45) is -0.890. The molecule has 2 amide bonds. The quantitative estimate of drug-likeness (QED) is 0.292. The second-order valence-corrected chi connectivity index (χ2v) is 10.6. The summed E-state index contributed by atoms with van der Waals surface area (Å²) in [5.41, 5.74) is 2.63. The van der Waals surface area contributed by atoms with Crippen LogP contribution in [-0.4, -0.2) is 63.7 Å². The molecule has 0 heterocycles. The summed E-state index contributed by atoms with van der Waals surface area (Å²) in [5.74, 6) is -6.65. The van der Waals surface area contributed by atoms with Gasteiger partial charge in [0.25, 0.3) is 5.91 Å². The van der Waals surface area contributed by atoms with Crippen LogP contribution in [0.5, 0.6) is 11.5 Å². The molecule has 2 aromatic rings. The molecule has 3 aliphatic rings. The first-order valence-corrected chi connectivity index (χ1v) is 12.9. The number of aliphatic hydroxyl groups excluding tert-OH is 2. The molecule has 0 radical (unpaired) electrons. The highest BCUT2D eigenvalue weighted by Gasteiger charge is 2.59. The first-order valence-electron chi connectivity index (χ1n) is 12.9. The molecule has 0 saturated heterocycles. The van der Waals surface area contributed by atoms with Gasteiger partial charge in [-0.1, -0.05) is 18.2 Å². The van der Waals surface area contributed by atoms with Crippen molar-refractivity contribution < 1.29 is 44.3 Å². The van der Waals surface area contributed by atoms with Gasteiger partial charge < -0.3 is 41.1 Å². The number of Topliss-reactive ketones (excluding diaryl/α,β-unsaturated/α-hetero) is 2. The highest BCUT2D eigenvalue weighted by Crippen LogP contribution is 2.52. The van der Waals surface area contributed by atoms with E-state index in [1.54, 1.807) is 55.4 Å². The number of nitrogens with two attached hydrogens (primary N) is 1. The van der Waals surface area contributed by atoms with E-state index in [0.717, 1.165) is 0 Å². The molecule has 7 N–H and O–H groups in total. The molecule has 1 unspecified atom stereocenters. The number of allylic oxidation sites excluding steroid dienone is 2. The Morgan fingerprint density at radius 1 is 1.12 bits per heavy atom. The number of primary amides is 1. The molecule has 0 spiro atoms. The van der Waals surface area contributed by atoms with E-state index in [1.807, 2.05) is 0 Å². The lowest BCUT2D eigenvalue weighted by molar-refractivity contribution is -0.144. The number of phenols is 1. The van der Waals surface area contributed by atoms with Crippen LogP contribution in [0.3, 0.4) is 0 Å². The number of carbonyl (C=O) groups is 4. The molecular formula is C29H29N3O9. The van der Waals surface area contributed by atoms with Crippen molar-refractivity contribution in [3.8, 4) is 11.5 Å². The number of benzene rings is 2. The number of para-hydroxylation sites is 1. The molecule has 0 aliphatic heterocycles. The Kier molecular flexibility index (Phi) is 6.74. The van der Waals surface area contributed by atoms with Gasteiger partial charge in [-0.05, 0) is 42.5 Å². The molecule has 0 saturated carbocycles. The molecule has 0 bridgehead atoms. The van der Waals surface area contributed by atoms with Crippen molar-refractivity contribution in [1.82, 2.24) is 5.32 Å². The number of hydrogen-bond acceptors (Lipinski definition) is 10. The van der Waals surface area contributed by atoms with Crippen LogP contribution < -0.4 is 20.7 Å². The van der Waals surface area contributed by atoms with Gasteiger partial charge in [0.05, 0.1) is 5.56 Å². The summed E-state index contributed by atoms with van der Waals surface area (Å²) in [6.45, 7) is -0.204. The van der Waals surface area contributed by atoms with Gasteiger partial charge in [-0.25, -0.2) is 4.79 Å². The Morgan fingerprint density at radius 3 is 2.44 bits per heavy atom. The number of hydrogen-bond donors (Lipinski definition) is 6. The number of nitrogens with one attached hydrogen (secondary N) is 1. The van der Waals surface area contributed by atoms with E-state index < -0.39 is 63.8 Å². The smallest absolute Gasteiger partial charge is 0.412 e. The summed E-state index contributed by atoms with van der Waals surface area (Å²) in [6, 6.07) is 9.98. The van der Waals surface area contributed by atoms with Crippen molar-refractivity contribution in [2.24, 2.45) is 17.6 Å². The van der Waals surface area contributed by atoms with Crippen molar-refractivity contribution in [3.63, 3.8) is 0 Å². The molecule has 41 heavy (non-hydrogen) atoms. The average Bonchev–Trinajstić information content (AvgIpc) is 2.90. The fourth-order valence-corrected chi connectivity index (χ4v) is 6.05. The van der Waals surface area contributed by atoms with Gasteiger partial charge in [-0.15, -0.1) is 0 Å². The summed E-state index contributed by atoms with van der Waals surface area (Å²) < 4.78 is 5.21. The Balaban J connectivity index is 1.54. The number of carbonyl (C=O) groups excluding carboxylic acids is 4. The van der Waals surface area contributed by atoms with E-state index in [0.29, 0.717) is 17.0 Å². The predicted molar refractivity (Wildman–Crippen MR) is 144 cm³/mol. The normalized spacial score (nSPS) is 23.4. The maximum Gasteiger partial charge on any atom is 0.412 e. The zero-order valence-corrected chi connectivity index (χ0v) is 22.3. The van der Waals surface area contributed by atoms with E-state index in [9.17, 15) is 39.6 Å². The number of nitrogens with zero attached hydrogens (tertiary/aromatic N) is 1. The van der Waals surface area contributed by atoms with Crippen LogP contribution >= 0.6 is 0 Å². The van der Waals surface area contributed by atoms with Crippen molar-refractivity contribution in [1.29, 1.82) is 0 Å².